The minimum Gasteiger partial charge on any atom is -0.383 e. The summed E-state index contributed by atoms with van der Waals surface area (Å²) in [5, 5.41) is 8.81. The summed E-state index contributed by atoms with van der Waals surface area (Å²) in [6.45, 7) is 7.26. The molecule has 2 aliphatic heterocycles. The zero-order valence-electron chi connectivity index (χ0n) is 20.6. The molecule has 1 atom stereocenters. The van der Waals surface area contributed by atoms with E-state index in [-0.39, 0.29) is 11.8 Å². The number of morpholine rings is 1. The molecule has 2 aliphatic rings. The number of fused-ring (bicyclic) bond motifs is 1. The van der Waals surface area contributed by atoms with Crippen LogP contribution in [-0.2, 0) is 16.1 Å². The maximum atomic E-state index is 11.6. The van der Waals surface area contributed by atoms with E-state index in [1.807, 2.05) is 48.3 Å². The van der Waals surface area contributed by atoms with Crippen molar-refractivity contribution in [1.82, 2.24) is 35.1 Å². The number of ether oxygens (including phenoxy) is 1. The summed E-state index contributed by atoms with van der Waals surface area (Å²) in [4.78, 5) is 26.6. The van der Waals surface area contributed by atoms with Crippen LogP contribution in [0, 0.1) is 5.92 Å². The molecule has 4 aromatic rings. The van der Waals surface area contributed by atoms with Gasteiger partial charge in [-0.3, -0.25) is 14.4 Å². The Kier molecular flexibility index (Phi) is 6.15. The van der Waals surface area contributed by atoms with E-state index >= 15 is 0 Å². The molecule has 1 unspecified atom stereocenters. The molecule has 4 N–H and O–H groups in total. The number of hydrazone groups is 1. The van der Waals surface area contributed by atoms with Gasteiger partial charge in [-0.1, -0.05) is 13.0 Å². The zero-order valence-corrected chi connectivity index (χ0v) is 20.6. The van der Waals surface area contributed by atoms with E-state index in [4.69, 9.17) is 15.5 Å². The van der Waals surface area contributed by atoms with E-state index in [1.54, 1.807) is 6.20 Å². The molecule has 37 heavy (non-hydrogen) atoms. The van der Waals surface area contributed by atoms with Gasteiger partial charge < -0.3 is 15.5 Å². The molecule has 190 valence electrons. The highest BCUT2D eigenvalue weighted by Gasteiger charge is 2.22. The molecular formula is C26H29N9O2. The molecule has 1 fully saturated rings. The molecule has 5 heterocycles. The number of nitrogen functional groups attached to an aromatic ring is 1. The molecule has 0 aliphatic carbocycles. The van der Waals surface area contributed by atoms with E-state index in [0.717, 1.165) is 78.4 Å². The first kappa shape index (κ1) is 23.3. The number of amides is 1. The van der Waals surface area contributed by atoms with Gasteiger partial charge in [0.25, 0.3) is 0 Å². The first-order chi connectivity index (χ1) is 18.0. The zero-order chi connectivity index (χ0) is 25.4. The number of nitrogens with two attached hydrogens (primary N) is 1. The van der Waals surface area contributed by atoms with Crippen LogP contribution in [0.1, 0.15) is 18.9 Å². The first-order valence-electron chi connectivity index (χ1n) is 12.5. The van der Waals surface area contributed by atoms with E-state index in [0.29, 0.717) is 18.1 Å². The molecule has 11 heteroatoms. The normalized spacial score (nSPS) is 18.7. The molecule has 11 nitrogen and oxygen atoms in total. The quantitative estimate of drug-likeness (QED) is 0.370. The SMILES string of the molecule is CC1CC(=O)NN=C1c1ccc2nc(-c3cc(-c4cnn(CCN5CCOCC5)c4)cnc3N)[nH]c2c1. The van der Waals surface area contributed by atoms with E-state index < -0.39 is 0 Å². The Morgan fingerprint density at radius 1 is 1.11 bits per heavy atom. The molecule has 0 spiro atoms. The summed E-state index contributed by atoms with van der Waals surface area (Å²) < 4.78 is 7.38. The summed E-state index contributed by atoms with van der Waals surface area (Å²) >= 11 is 0. The fraction of sp³-hybridized carbons (Fsp3) is 0.346. The van der Waals surface area contributed by atoms with Gasteiger partial charge in [-0.25, -0.2) is 15.4 Å². The van der Waals surface area contributed by atoms with Crippen LogP contribution in [0.5, 0.6) is 0 Å². The fourth-order valence-electron chi connectivity index (χ4n) is 4.83. The molecule has 1 saturated heterocycles. The standard InChI is InChI=1S/C26H29N9O2/c1-16-10-23(36)32-33-24(16)17-2-3-21-22(12-17)31-26(30-21)20-11-18(13-28-25(20)27)19-14-29-35(15-19)5-4-34-6-8-37-9-7-34/h2-3,11-16H,4-10H2,1H3,(H2,27,28)(H,30,31)(H,32,36). The lowest BCUT2D eigenvalue weighted by atomic mass is 9.94. The Morgan fingerprint density at radius 3 is 2.81 bits per heavy atom. The Labute approximate surface area is 213 Å². The molecule has 0 bridgehead atoms. The smallest absolute Gasteiger partial charge is 0.240 e. The number of hydrogen-bond donors (Lipinski definition) is 3. The van der Waals surface area contributed by atoms with Crippen molar-refractivity contribution >= 4 is 28.5 Å². The van der Waals surface area contributed by atoms with Gasteiger partial charge in [0.1, 0.15) is 11.6 Å². The second kappa shape index (κ2) is 9.75. The number of nitrogens with zero attached hydrogens (tertiary/aromatic N) is 6. The number of nitrogens with one attached hydrogen (secondary N) is 2. The number of benzene rings is 1. The van der Waals surface area contributed by atoms with Gasteiger partial charge in [0.05, 0.1) is 48.3 Å². The van der Waals surface area contributed by atoms with Gasteiger partial charge in [-0.2, -0.15) is 10.2 Å². The van der Waals surface area contributed by atoms with Crippen molar-refractivity contribution in [2.45, 2.75) is 19.9 Å². The minimum absolute atomic E-state index is 0.0416. The largest absolute Gasteiger partial charge is 0.383 e. The molecule has 1 amide bonds. The Bertz CT molecular complexity index is 1480. The van der Waals surface area contributed by atoms with Crippen LogP contribution >= 0.6 is 0 Å². The second-order valence-electron chi connectivity index (χ2n) is 9.56. The van der Waals surface area contributed by atoms with Gasteiger partial charge in [-0.15, -0.1) is 0 Å². The third-order valence-corrected chi connectivity index (χ3v) is 6.93. The lowest BCUT2D eigenvalue weighted by Crippen LogP contribution is -2.38. The lowest BCUT2D eigenvalue weighted by Gasteiger charge is -2.26. The van der Waals surface area contributed by atoms with Gasteiger partial charge in [0, 0.05) is 61.1 Å². The number of imidazole rings is 1. The average molecular weight is 500 g/mol. The summed E-state index contributed by atoms with van der Waals surface area (Å²) in [7, 11) is 0. The number of hydrogen-bond acceptors (Lipinski definition) is 8. The molecular weight excluding hydrogens is 470 g/mol. The Morgan fingerprint density at radius 2 is 1.97 bits per heavy atom. The van der Waals surface area contributed by atoms with Crippen molar-refractivity contribution in [3.63, 3.8) is 0 Å². The number of rotatable bonds is 6. The van der Waals surface area contributed by atoms with Gasteiger partial charge in [0.2, 0.25) is 5.91 Å². The molecule has 1 aromatic carbocycles. The number of carbonyl (C=O) groups excluding carboxylic acids is 1. The Hall–Kier alpha value is -4.09. The number of aromatic amines is 1. The van der Waals surface area contributed by atoms with Gasteiger partial charge >= 0.3 is 0 Å². The number of H-pyrrole nitrogens is 1. The summed E-state index contributed by atoms with van der Waals surface area (Å²) in [5.41, 5.74) is 14.9. The molecule has 0 radical (unpaired) electrons. The topological polar surface area (TPSA) is 139 Å². The number of anilines is 1. The summed E-state index contributed by atoms with van der Waals surface area (Å²) in [5.74, 6) is 1.02. The van der Waals surface area contributed by atoms with Crippen LogP contribution in [0.2, 0.25) is 0 Å². The van der Waals surface area contributed by atoms with Gasteiger partial charge in [-0.05, 0) is 18.2 Å². The summed E-state index contributed by atoms with van der Waals surface area (Å²) in [6, 6.07) is 7.92. The van der Waals surface area contributed by atoms with Crippen molar-refractivity contribution in [3.8, 4) is 22.5 Å². The minimum atomic E-state index is -0.0633. The lowest BCUT2D eigenvalue weighted by molar-refractivity contribution is -0.121. The highest BCUT2D eigenvalue weighted by Crippen LogP contribution is 2.30. The number of carbonyl (C=O) groups is 1. The highest BCUT2D eigenvalue weighted by molar-refractivity contribution is 6.07. The van der Waals surface area contributed by atoms with Crippen molar-refractivity contribution in [2.24, 2.45) is 11.0 Å². The van der Waals surface area contributed by atoms with Crippen molar-refractivity contribution in [3.05, 3.63) is 48.4 Å². The van der Waals surface area contributed by atoms with Crippen LogP contribution in [0.4, 0.5) is 5.82 Å². The van der Waals surface area contributed by atoms with Crippen LogP contribution in [0.25, 0.3) is 33.5 Å². The third-order valence-electron chi connectivity index (χ3n) is 6.93. The van der Waals surface area contributed by atoms with E-state index in [9.17, 15) is 4.79 Å². The van der Waals surface area contributed by atoms with Crippen molar-refractivity contribution < 1.29 is 9.53 Å². The monoisotopic (exact) mass is 499 g/mol. The van der Waals surface area contributed by atoms with E-state index in [2.05, 4.69) is 30.5 Å². The third kappa shape index (κ3) is 4.83. The maximum Gasteiger partial charge on any atom is 0.240 e. The van der Waals surface area contributed by atoms with Gasteiger partial charge in [0.15, 0.2) is 0 Å². The molecule has 0 saturated carbocycles. The van der Waals surface area contributed by atoms with Crippen molar-refractivity contribution in [1.29, 1.82) is 0 Å². The van der Waals surface area contributed by atoms with E-state index in [1.165, 1.54) is 0 Å². The van der Waals surface area contributed by atoms with Crippen LogP contribution in [0.3, 0.4) is 0 Å². The predicted molar refractivity (Wildman–Crippen MR) is 141 cm³/mol. The Balaban J connectivity index is 1.24. The number of aromatic nitrogens is 5. The average Bonchev–Trinajstić information content (AvgIpc) is 3.55. The van der Waals surface area contributed by atoms with Crippen LogP contribution in [-0.4, -0.2) is 74.1 Å². The molecule has 6 rings (SSSR count). The predicted octanol–water partition coefficient (Wildman–Crippen LogP) is 2.26. The fourth-order valence-corrected chi connectivity index (χ4v) is 4.83. The highest BCUT2D eigenvalue weighted by atomic mass is 16.5. The molecule has 3 aromatic heterocycles. The first-order valence-corrected chi connectivity index (χ1v) is 12.5. The van der Waals surface area contributed by atoms with Crippen LogP contribution < -0.4 is 11.2 Å². The van der Waals surface area contributed by atoms with Crippen molar-refractivity contribution in [2.75, 3.05) is 38.6 Å². The maximum absolute atomic E-state index is 11.6. The second-order valence-corrected chi connectivity index (χ2v) is 9.56. The number of pyridine rings is 1. The summed E-state index contributed by atoms with van der Waals surface area (Å²) in [6.07, 6.45) is 6.07. The van der Waals surface area contributed by atoms with Crippen LogP contribution in [0.15, 0.2) is 48.0 Å².